The van der Waals surface area contributed by atoms with Gasteiger partial charge in [0.1, 0.15) is 5.75 Å². The molecular formula is C19H18ClN3O2. The lowest BCUT2D eigenvalue weighted by molar-refractivity contribution is -0.132. The molecule has 0 N–H and O–H groups in total. The fraction of sp³-hybridized carbons (Fsp3) is 0.211. The van der Waals surface area contributed by atoms with Crippen LogP contribution in [0.2, 0.25) is 5.02 Å². The van der Waals surface area contributed by atoms with Crippen molar-refractivity contribution < 1.29 is 9.53 Å². The number of carbonyl (C=O) groups excluding carboxylic acids is 1. The highest BCUT2D eigenvalue weighted by Crippen LogP contribution is 2.21. The van der Waals surface area contributed by atoms with Crippen molar-refractivity contribution >= 4 is 28.5 Å². The molecule has 0 radical (unpaired) electrons. The van der Waals surface area contributed by atoms with Gasteiger partial charge in [0.15, 0.2) is 6.61 Å². The molecule has 0 aliphatic carbocycles. The van der Waals surface area contributed by atoms with Crippen molar-refractivity contribution in [2.75, 3.05) is 13.7 Å². The van der Waals surface area contributed by atoms with Crippen molar-refractivity contribution in [1.29, 1.82) is 0 Å². The number of hydrogen-bond acceptors (Lipinski definition) is 4. The van der Waals surface area contributed by atoms with E-state index in [1.54, 1.807) is 36.3 Å². The van der Waals surface area contributed by atoms with Crippen LogP contribution in [0.4, 0.5) is 0 Å². The van der Waals surface area contributed by atoms with Crippen LogP contribution in [-0.2, 0) is 11.3 Å². The Morgan fingerprint density at radius 2 is 1.96 bits per heavy atom. The molecule has 0 saturated carbocycles. The highest BCUT2D eigenvalue weighted by molar-refractivity contribution is 6.30. The molecule has 128 valence electrons. The van der Waals surface area contributed by atoms with Crippen LogP contribution in [-0.4, -0.2) is 34.4 Å². The topological polar surface area (TPSA) is 55.3 Å². The number of amides is 1. The van der Waals surface area contributed by atoms with Gasteiger partial charge in [-0.2, -0.15) is 0 Å². The third-order valence-corrected chi connectivity index (χ3v) is 4.05. The Kier molecular flexibility index (Phi) is 5.14. The normalized spacial score (nSPS) is 10.7. The van der Waals surface area contributed by atoms with Gasteiger partial charge in [0.25, 0.3) is 5.91 Å². The van der Waals surface area contributed by atoms with E-state index in [0.717, 1.165) is 22.3 Å². The van der Waals surface area contributed by atoms with Crippen molar-refractivity contribution in [3.05, 3.63) is 64.9 Å². The average Bonchev–Trinajstić information content (AvgIpc) is 2.60. The smallest absolute Gasteiger partial charge is 0.260 e. The minimum atomic E-state index is -0.135. The molecule has 0 atom stereocenters. The van der Waals surface area contributed by atoms with E-state index in [-0.39, 0.29) is 12.5 Å². The summed E-state index contributed by atoms with van der Waals surface area (Å²) in [5.74, 6) is 0.515. The molecule has 0 aliphatic rings. The summed E-state index contributed by atoms with van der Waals surface area (Å²) in [4.78, 5) is 22.8. The van der Waals surface area contributed by atoms with Gasteiger partial charge in [-0.05, 0) is 42.8 Å². The summed E-state index contributed by atoms with van der Waals surface area (Å²) in [7, 11) is 1.72. The summed E-state index contributed by atoms with van der Waals surface area (Å²) in [6.45, 7) is 2.22. The molecule has 5 nitrogen and oxygen atoms in total. The monoisotopic (exact) mass is 355 g/mol. The van der Waals surface area contributed by atoms with Gasteiger partial charge in [0, 0.05) is 12.1 Å². The second kappa shape index (κ2) is 7.49. The molecule has 3 aromatic rings. The molecular weight excluding hydrogens is 338 g/mol. The predicted octanol–water partition coefficient (Wildman–Crippen LogP) is 3.63. The van der Waals surface area contributed by atoms with Gasteiger partial charge in [0.05, 0.1) is 29.5 Å². The van der Waals surface area contributed by atoms with E-state index in [2.05, 4.69) is 9.97 Å². The van der Waals surface area contributed by atoms with Gasteiger partial charge >= 0.3 is 0 Å². The van der Waals surface area contributed by atoms with E-state index >= 15 is 0 Å². The highest BCUT2D eigenvalue weighted by atomic mass is 35.5. The molecule has 1 aromatic heterocycles. The SMILES string of the molecule is Cc1cc(Cl)ccc1OCC(=O)N(C)Cc1cnc2ccccc2n1. The zero-order valence-electron chi connectivity index (χ0n) is 14.1. The number of rotatable bonds is 5. The molecule has 3 rings (SSSR count). The maximum absolute atomic E-state index is 12.3. The third-order valence-electron chi connectivity index (χ3n) is 3.81. The lowest BCUT2D eigenvalue weighted by Crippen LogP contribution is -2.31. The van der Waals surface area contributed by atoms with Crippen LogP contribution in [0.25, 0.3) is 11.0 Å². The number of fused-ring (bicyclic) bond motifs is 1. The van der Waals surface area contributed by atoms with Gasteiger partial charge in [-0.25, -0.2) is 4.98 Å². The highest BCUT2D eigenvalue weighted by Gasteiger charge is 2.12. The molecule has 1 heterocycles. The first-order valence-electron chi connectivity index (χ1n) is 7.86. The Hall–Kier alpha value is -2.66. The first kappa shape index (κ1) is 17.2. The first-order chi connectivity index (χ1) is 12.0. The van der Waals surface area contributed by atoms with Crippen molar-refractivity contribution in [2.24, 2.45) is 0 Å². The van der Waals surface area contributed by atoms with E-state index < -0.39 is 0 Å². The molecule has 0 saturated heterocycles. The number of nitrogens with zero attached hydrogens (tertiary/aromatic N) is 3. The largest absolute Gasteiger partial charge is 0.483 e. The fourth-order valence-corrected chi connectivity index (χ4v) is 2.65. The number of hydrogen-bond donors (Lipinski definition) is 0. The van der Waals surface area contributed by atoms with Crippen LogP contribution >= 0.6 is 11.6 Å². The zero-order valence-corrected chi connectivity index (χ0v) is 14.8. The maximum atomic E-state index is 12.3. The summed E-state index contributed by atoms with van der Waals surface area (Å²) in [5.41, 5.74) is 3.27. The Bertz CT molecular complexity index is 914. The molecule has 1 amide bonds. The van der Waals surface area contributed by atoms with Gasteiger partial charge in [-0.3, -0.25) is 9.78 Å². The van der Waals surface area contributed by atoms with Gasteiger partial charge in [0.2, 0.25) is 0 Å². The Labute approximate surface area is 151 Å². The minimum absolute atomic E-state index is 0.0417. The van der Waals surface area contributed by atoms with E-state index in [1.165, 1.54) is 0 Å². The van der Waals surface area contributed by atoms with Gasteiger partial charge in [-0.15, -0.1) is 0 Å². The Balaban J connectivity index is 1.61. The Morgan fingerprint density at radius 3 is 2.72 bits per heavy atom. The zero-order chi connectivity index (χ0) is 17.8. The lowest BCUT2D eigenvalue weighted by atomic mass is 10.2. The number of para-hydroxylation sites is 2. The molecule has 0 fully saturated rings. The molecule has 2 aromatic carbocycles. The van der Waals surface area contributed by atoms with Crippen LogP contribution in [0.1, 0.15) is 11.3 Å². The molecule has 6 heteroatoms. The van der Waals surface area contributed by atoms with Crippen molar-refractivity contribution in [1.82, 2.24) is 14.9 Å². The van der Waals surface area contributed by atoms with Crippen LogP contribution in [0, 0.1) is 6.92 Å². The molecule has 0 spiro atoms. The number of ether oxygens (including phenoxy) is 1. The minimum Gasteiger partial charge on any atom is -0.483 e. The van der Waals surface area contributed by atoms with E-state index in [1.807, 2.05) is 31.2 Å². The van der Waals surface area contributed by atoms with Crippen LogP contribution in [0.15, 0.2) is 48.7 Å². The van der Waals surface area contributed by atoms with Crippen LogP contribution in [0.5, 0.6) is 5.75 Å². The number of benzene rings is 2. The molecule has 25 heavy (non-hydrogen) atoms. The van der Waals surface area contributed by atoms with E-state index in [9.17, 15) is 4.79 Å². The summed E-state index contributed by atoms with van der Waals surface area (Å²) in [6, 6.07) is 12.9. The van der Waals surface area contributed by atoms with E-state index in [4.69, 9.17) is 16.3 Å². The molecule has 0 aliphatic heterocycles. The predicted molar refractivity (Wildman–Crippen MR) is 97.7 cm³/mol. The second-order valence-corrected chi connectivity index (χ2v) is 6.23. The summed E-state index contributed by atoms with van der Waals surface area (Å²) < 4.78 is 5.60. The quantitative estimate of drug-likeness (QED) is 0.701. The lowest BCUT2D eigenvalue weighted by Gasteiger charge is -2.17. The van der Waals surface area contributed by atoms with Crippen molar-refractivity contribution in [3.63, 3.8) is 0 Å². The van der Waals surface area contributed by atoms with Crippen LogP contribution in [0.3, 0.4) is 0 Å². The van der Waals surface area contributed by atoms with Gasteiger partial charge in [-0.1, -0.05) is 23.7 Å². The van der Waals surface area contributed by atoms with Crippen molar-refractivity contribution in [2.45, 2.75) is 13.5 Å². The summed E-state index contributed by atoms with van der Waals surface area (Å²) in [6.07, 6.45) is 1.69. The van der Waals surface area contributed by atoms with Crippen molar-refractivity contribution in [3.8, 4) is 5.75 Å². The number of carbonyl (C=O) groups is 1. The standard InChI is InChI=1S/C19H18ClN3O2/c1-13-9-14(20)7-8-18(13)25-12-19(24)23(2)11-15-10-21-16-5-3-4-6-17(16)22-15/h3-10H,11-12H2,1-2H3. The number of likely N-dealkylation sites (N-methyl/N-ethyl adjacent to an activating group) is 1. The average molecular weight is 356 g/mol. The first-order valence-corrected chi connectivity index (χ1v) is 8.24. The second-order valence-electron chi connectivity index (χ2n) is 5.80. The molecule has 0 unspecified atom stereocenters. The summed E-state index contributed by atoms with van der Waals surface area (Å²) in [5, 5.41) is 0.642. The van der Waals surface area contributed by atoms with Crippen LogP contribution < -0.4 is 4.74 Å². The molecule has 0 bridgehead atoms. The number of aromatic nitrogens is 2. The third kappa shape index (κ3) is 4.25. The summed E-state index contributed by atoms with van der Waals surface area (Å²) >= 11 is 5.92. The number of aryl methyl sites for hydroxylation is 1. The number of halogens is 1. The Morgan fingerprint density at radius 1 is 1.20 bits per heavy atom. The fourth-order valence-electron chi connectivity index (χ4n) is 2.43. The van der Waals surface area contributed by atoms with Gasteiger partial charge < -0.3 is 9.64 Å². The maximum Gasteiger partial charge on any atom is 0.260 e. The van der Waals surface area contributed by atoms with E-state index in [0.29, 0.717) is 17.3 Å².